The molecule has 0 bridgehead atoms. The standard InChI is InChI=1S/C26H30N4O4/c1-6-33-24-15-20(12-13-23(24)34-17-25(31)29(4)5)16-27-28-26(32)22-14-18(2)30(19(22)3)21-10-8-7-9-11-21/h7-16H,6,17H2,1-5H3,(H,28,32)/b27-16+. The minimum atomic E-state index is -0.293. The molecule has 1 heterocycles. The molecule has 0 fully saturated rings. The SMILES string of the molecule is CCOc1cc(/C=N/NC(=O)c2cc(C)n(-c3ccccc3)c2C)ccc1OCC(=O)N(C)C. The van der Waals surface area contributed by atoms with E-state index in [1.165, 1.54) is 11.1 Å². The van der Waals surface area contributed by atoms with Crippen molar-refractivity contribution in [2.24, 2.45) is 5.10 Å². The molecule has 0 atom stereocenters. The zero-order chi connectivity index (χ0) is 24.7. The molecule has 1 aromatic heterocycles. The Morgan fingerprint density at radius 3 is 2.44 bits per heavy atom. The minimum absolute atomic E-state index is 0.0854. The van der Waals surface area contributed by atoms with Crippen molar-refractivity contribution >= 4 is 18.0 Å². The molecule has 0 aliphatic rings. The second-order valence-corrected chi connectivity index (χ2v) is 7.87. The highest BCUT2D eigenvalue weighted by atomic mass is 16.5. The maximum absolute atomic E-state index is 12.8. The molecule has 178 valence electrons. The summed E-state index contributed by atoms with van der Waals surface area (Å²) in [4.78, 5) is 26.0. The molecule has 1 N–H and O–H groups in total. The van der Waals surface area contributed by atoms with Crippen LogP contribution in [0.3, 0.4) is 0 Å². The summed E-state index contributed by atoms with van der Waals surface area (Å²) < 4.78 is 13.3. The van der Waals surface area contributed by atoms with Crippen molar-refractivity contribution in [3.05, 3.63) is 77.1 Å². The Balaban J connectivity index is 1.71. The molecule has 2 aromatic carbocycles. The molecule has 0 aliphatic heterocycles. The van der Waals surface area contributed by atoms with Crippen LogP contribution in [0.5, 0.6) is 11.5 Å². The van der Waals surface area contributed by atoms with Gasteiger partial charge in [0, 0.05) is 31.2 Å². The Kier molecular flexibility index (Phi) is 8.08. The van der Waals surface area contributed by atoms with Crippen molar-refractivity contribution in [2.45, 2.75) is 20.8 Å². The van der Waals surface area contributed by atoms with E-state index < -0.39 is 0 Å². The number of carbonyl (C=O) groups excluding carboxylic acids is 2. The monoisotopic (exact) mass is 462 g/mol. The fourth-order valence-corrected chi connectivity index (χ4v) is 3.45. The first-order valence-electron chi connectivity index (χ1n) is 11.0. The van der Waals surface area contributed by atoms with Gasteiger partial charge >= 0.3 is 0 Å². The van der Waals surface area contributed by atoms with Crippen LogP contribution < -0.4 is 14.9 Å². The highest BCUT2D eigenvalue weighted by Gasteiger charge is 2.16. The van der Waals surface area contributed by atoms with Gasteiger partial charge in [-0.3, -0.25) is 9.59 Å². The smallest absolute Gasteiger partial charge is 0.273 e. The number of nitrogens with one attached hydrogen (secondary N) is 1. The number of carbonyl (C=O) groups is 2. The van der Waals surface area contributed by atoms with Gasteiger partial charge in [0.05, 0.1) is 18.4 Å². The lowest BCUT2D eigenvalue weighted by Crippen LogP contribution is -2.27. The number of hydrazone groups is 1. The van der Waals surface area contributed by atoms with E-state index in [1.54, 1.807) is 32.3 Å². The zero-order valence-corrected chi connectivity index (χ0v) is 20.2. The van der Waals surface area contributed by atoms with Crippen LogP contribution in [-0.2, 0) is 4.79 Å². The largest absolute Gasteiger partial charge is 0.490 e. The van der Waals surface area contributed by atoms with Crippen LogP contribution in [0.25, 0.3) is 5.69 Å². The van der Waals surface area contributed by atoms with E-state index in [9.17, 15) is 9.59 Å². The number of aryl methyl sites for hydroxylation is 1. The van der Waals surface area contributed by atoms with E-state index in [1.807, 2.05) is 61.7 Å². The van der Waals surface area contributed by atoms with Crippen molar-refractivity contribution in [1.29, 1.82) is 0 Å². The second-order valence-electron chi connectivity index (χ2n) is 7.87. The number of hydrogen-bond donors (Lipinski definition) is 1. The Morgan fingerprint density at radius 2 is 1.76 bits per heavy atom. The topological polar surface area (TPSA) is 85.2 Å². The summed E-state index contributed by atoms with van der Waals surface area (Å²) in [5.74, 6) is 0.517. The van der Waals surface area contributed by atoms with Crippen molar-refractivity contribution in [3.8, 4) is 17.2 Å². The lowest BCUT2D eigenvalue weighted by molar-refractivity contribution is -0.130. The van der Waals surface area contributed by atoms with Crippen LogP contribution in [-0.4, -0.2) is 54.8 Å². The summed E-state index contributed by atoms with van der Waals surface area (Å²) in [5, 5.41) is 4.11. The molecular weight excluding hydrogens is 432 g/mol. The highest BCUT2D eigenvalue weighted by molar-refractivity contribution is 5.96. The first-order valence-corrected chi connectivity index (χ1v) is 11.0. The summed E-state index contributed by atoms with van der Waals surface area (Å²) in [6.07, 6.45) is 1.53. The minimum Gasteiger partial charge on any atom is -0.490 e. The normalized spacial score (nSPS) is 10.9. The van der Waals surface area contributed by atoms with Crippen LogP contribution >= 0.6 is 0 Å². The predicted molar refractivity (Wildman–Crippen MR) is 132 cm³/mol. The highest BCUT2D eigenvalue weighted by Crippen LogP contribution is 2.28. The third kappa shape index (κ3) is 5.83. The summed E-state index contributed by atoms with van der Waals surface area (Å²) >= 11 is 0. The number of benzene rings is 2. The molecule has 3 rings (SSSR count). The first-order chi connectivity index (χ1) is 16.3. The lowest BCUT2D eigenvalue weighted by atomic mass is 10.2. The Bertz CT molecular complexity index is 1180. The molecule has 34 heavy (non-hydrogen) atoms. The predicted octanol–water partition coefficient (Wildman–Crippen LogP) is 3.72. The van der Waals surface area contributed by atoms with E-state index in [-0.39, 0.29) is 18.4 Å². The molecule has 8 nitrogen and oxygen atoms in total. The van der Waals surface area contributed by atoms with E-state index in [2.05, 4.69) is 10.5 Å². The van der Waals surface area contributed by atoms with Crippen LogP contribution in [0.1, 0.15) is 34.2 Å². The maximum Gasteiger partial charge on any atom is 0.273 e. The van der Waals surface area contributed by atoms with Gasteiger partial charge in [-0.05, 0) is 62.7 Å². The third-order valence-corrected chi connectivity index (χ3v) is 5.19. The number of rotatable bonds is 9. The Labute approximate surface area is 199 Å². The summed E-state index contributed by atoms with van der Waals surface area (Å²) in [7, 11) is 3.34. The fourth-order valence-electron chi connectivity index (χ4n) is 3.45. The fraction of sp³-hybridized carbons (Fsp3) is 0.269. The van der Waals surface area contributed by atoms with E-state index in [0.29, 0.717) is 29.2 Å². The van der Waals surface area contributed by atoms with Crippen molar-refractivity contribution < 1.29 is 19.1 Å². The zero-order valence-electron chi connectivity index (χ0n) is 20.2. The Morgan fingerprint density at radius 1 is 1.03 bits per heavy atom. The van der Waals surface area contributed by atoms with Gasteiger partial charge in [-0.15, -0.1) is 0 Å². The molecule has 8 heteroatoms. The van der Waals surface area contributed by atoms with Gasteiger partial charge in [0.25, 0.3) is 11.8 Å². The molecule has 0 spiro atoms. The van der Waals surface area contributed by atoms with Crippen LogP contribution in [0.2, 0.25) is 0 Å². The van der Waals surface area contributed by atoms with Crippen LogP contribution in [0, 0.1) is 13.8 Å². The van der Waals surface area contributed by atoms with Gasteiger partial charge in [0.2, 0.25) is 0 Å². The van der Waals surface area contributed by atoms with Crippen molar-refractivity contribution in [3.63, 3.8) is 0 Å². The number of amides is 2. The van der Waals surface area contributed by atoms with Gasteiger partial charge in [0.1, 0.15) is 0 Å². The van der Waals surface area contributed by atoms with Crippen molar-refractivity contribution in [2.75, 3.05) is 27.3 Å². The molecule has 0 radical (unpaired) electrons. The van der Waals surface area contributed by atoms with Gasteiger partial charge in [-0.1, -0.05) is 18.2 Å². The number of likely N-dealkylation sites (N-methyl/N-ethyl adjacent to an activating group) is 1. The molecule has 0 aliphatic carbocycles. The van der Waals surface area contributed by atoms with Gasteiger partial charge in [-0.25, -0.2) is 5.43 Å². The average molecular weight is 463 g/mol. The molecule has 0 saturated carbocycles. The number of nitrogens with zero attached hydrogens (tertiary/aromatic N) is 3. The second kappa shape index (κ2) is 11.2. The first kappa shape index (κ1) is 24.6. The van der Waals surface area contributed by atoms with E-state index in [0.717, 1.165) is 17.1 Å². The lowest BCUT2D eigenvalue weighted by Gasteiger charge is -2.14. The molecule has 0 unspecified atom stereocenters. The Hall–Kier alpha value is -4.07. The third-order valence-electron chi connectivity index (χ3n) is 5.19. The molecule has 3 aromatic rings. The van der Waals surface area contributed by atoms with Crippen molar-refractivity contribution in [1.82, 2.24) is 14.9 Å². The molecule has 0 saturated heterocycles. The number of para-hydroxylation sites is 1. The summed E-state index contributed by atoms with van der Waals surface area (Å²) in [5.41, 5.74) is 6.66. The van der Waals surface area contributed by atoms with Crippen LogP contribution in [0.15, 0.2) is 59.7 Å². The summed E-state index contributed by atoms with van der Waals surface area (Å²) in [6.45, 7) is 6.09. The van der Waals surface area contributed by atoms with Gasteiger partial charge in [-0.2, -0.15) is 5.10 Å². The van der Waals surface area contributed by atoms with E-state index in [4.69, 9.17) is 9.47 Å². The maximum atomic E-state index is 12.8. The number of aromatic nitrogens is 1. The van der Waals surface area contributed by atoms with Crippen LogP contribution in [0.4, 0.5) is 0 Å². The quantitative estimate of drug-likeness (QED) is 0.388. The number of hydrogen-bond acceptors (Lipinski definition) is 5. The van der Waals surface area contributed by atoms with E-state index >= 15 is 0 Å². The van der Waals surface area contributed by atoms with Gasteiger partial charge in [0.15, 0.2) is 18.1 Å². The number of ether oxygens (including phenoxy) is 2. The average Bonchev–Trinajstić information content (AvgIpc) is 3.12. The van der Waals surface area contributed by atoms with Gasteiger partial charge < -0.3 is 18.9 Å². The summed E-state index contributed by atoms with van der Waals surface area (Å²) in [6, 6.07) is 17.0. The molecule has 2 amide bonds. The molecular formula is C26H30N4O4.